The Balaban J connectivity index is 1.65. The minimum absolute atomic E-state index is 0.0815. The monoisotopic (exact) mass is 705 g/mol. The molecule has 1 fully saturated rings. The molecule has 3 N–H and O–H groups in total. The molecule has 2 heterocycles. The zero-order valence-electron chi connectivity index (χ0n) is 26.0. The molecule has 3 rings (SSSR count). The predicted octanol–water partition coefficient (Wildman–Crippen LogP) is 2.58. The second kappa shape index (κ2) is 15.5. The van der Waals surface area contributed by atoms with E-state index >= 15 is 0 Å². The van der Waals surface area contributed by atoms with Crippen LogP contribution >= 0.6 is 23.2 Å². The number of nitrogens with one attached hydrogen (secondary N) is 2. The average molecular weight is 707 g/mol. The maximum atomic E-state index is 13.0. The van der Waals surface area contributed by atoms with Crippen LogP contribution in [0.15, 0.2) is 29.5 Å². The molecule has 14 nitrogen and oxygen atoms in total. The van der Waals surface area contributed by atoms with Gasteiger partial charge in [0.25, 0.3) is 5.91 Å². The van der Waals surface area contributed by atoms with E-state index in [2.05, 4.69) is 10.6 Å². The second-order valence-electron chi connectivity index (χ2n) is 11.0. The Bertz CT molecular complexity index is 1500. The summed E-state index contributed by atoms with van der Waals surface area (Å²) >= 11 is 12.1. The Morgan fingerprint density at radius 1 is 1.09 bits per heavy atom. The van der Waals surface area contributed by atoms with Crippen LogP contribution in [0.1, 0.15) is 52.5 Å². The number of hydrogen-bond acceptors (Lipinski definition) is 9. The third-order valence-electron chi connectivity index (χ3n) is 8.42. The predicted molar refractivity (Wildman–Crippen MR) is 167 cm³/mol. The van der Waals surface area contributed by atoms with Crippen LogP contribution in [0.3, 0.4) is 0 Å². The SMILES string of the molecule is CC[N+](CC)(CC)C(CCCC(=O)N[C@H]1C(=O)N2C(C(=O)O)=C(COC(C)=O)CS(=O)(=O)[C@@H]12)NC(=O)OCc1ccc(Cl)cc1Cl. The second-order valence-corrected chi connectivity index (χ2v) is 14.0. The molecule has 2 aliphatic heterocycles. The van der Waals surface area contributed by atoms with Crippen molar-refractivity contribution in [1.29, 1.82) is 0 Å². The van der Waals surface area contributed by atoms with Crippen LogP contribution in [0.5, 0.6) is 0 Å². The van der Waals surface area contributed by atoms with E-state index in [1.807, 2.05) is 20.8 Å². The van der Waals surface area contributed by atoms with E-state index in [1.165, 1.54) is 0 Å². The topological polar surface area (TPSA) is 185 Å². The number of carboxylic acid groups (broad SMARTS) is 1. The molecule has 0 spiro atoms. The number of rotatable bonds is 15. The number of alkyl carbamates (subject to hydrolysis) is 1. The number of benzene rings is 1. The van der Waals surface area contributed by atoms with Crippen LogP contribution < -0.4 is 10.6 Å². The van der Waals surface area contributed by atoms with Crippen LogP contribution in [-0.4, -0.2) is 102 Å². The van der Waals surface area contributed by atoms with E-state index in [9.17, 15) is 37.5 Å². The van der Waals surface area contributed by atoms with Crippen molar-refractivity contribution in [2.45, 2.75) is 71.1 Å². The summed E-state index contributed by atoms with van der Waals surface area (Å²) in [5.74, 6) is -4.57. The Morgan fingerprint density at radius 3 is 2.30 bits per heavy atom. The zero-order valence-corrected chi connectivity index (χ0v) is 28.3. The van der Waals surface area contributed by atoms with Gasteiger partial charge in [-0.25, -0.2) is 18.0 Å². The number of β-lactam (4-membered cyclic amide) rings is 1. The average Bonchev–Trinajstić information content (AvgIpc) is 2.98. The minimum Gasteiger partial charge on any atom is -0.477 e. The highest BCUT2D eigenvalue weighted by molar-refractivity contribution is 7.92. The van der Waals surface area contributed by atoms with Crippen LogP contribution in [0, 0.1) is 0 Å². The van der Waals surface area contributed by atoms with Crippen molar-refractivity contribution >= 4 is 62.9 Å². The third kappa shape index (κ3) is 8.30. The maximum absolute atomic E-state index is 13.0. The van der Waals surface area contributed by atoms with Crippen LogP contribution in [0.25, 0.3) is 0 Å². The molecule has 0 aliphatic carbocycles. The fraction of sp³-hybridized carbons (Fsp3) is 0.552. The number of carbonyl (C=O) groups excluding carboxylic acids is 4. The van der Waals surface area contributed by atoms with Crippen molar-refractivity contribution < 1.29 is 51.5 Å². The molecule has 1 saturated heterocycles. The molecule has 1 aromatic rings. The van der Waals surface area contributed by atoms with Gasteiger partial charge in [-0.1, -0.05) is 29.3 Å². The summed E-state index contributed by atoms with van der Waals surface area (Å²) in [6.45, 7) is 8.40. The van der Waals surface area contributed by atoms with Gasteiger partial charge in [-0.3, -0.25) is 24.6 Å². The Kier molecular flexibility index (Phi) is 12.5. The summed E-state index contributed by atoms with van der Waals surface area (Å²) in [6.07, 6.45) is -0.567. The lowest BCUT2D eigenvalue weighted by molar-refractivity contribution is -0.949. The number of nitrogens with zero attached hydrogens (tertiary/aromatic N) is 2. The first-order valence-corrected chi connectivity index (χ1v) is 17.2. The summed E-state index contributed by atoms with van der Waals surface area (Å²) in [6, 6.07) is 3.37. The Hall–Kier alpha value is -3.40. The van der Waals surface area contributed by atoms with Crippen LogP contribution in [0.4, 0.5) is 4.79 Å². The lowest BCUT2D eigenvalue weighted by Crippen LogP contribution is -2.74. The standard InChI is InChI=1S/C29H38Cl2N4O10S/c1-5-35(6-2,7-3)22(32-29(41)45-14-18-11-12-20(30)13-21(18)31)9-8-10-23(37)33-24-26(38)34-25(28(39)40)19(15-44-17(4)36)16-46(42,43)27(24)34/h11-13,22,24,27H,5-10,14-16H2,1-4H3,(H2-,32,33,37,39,40,41)/p+1/t22?,24-,27-/m0/s1. The molecule has 1 unspecified atom stereocenters. The first-order chi connectivity index (χ1) is 21.6. The quantitative estimate of drug-likeness (QED) is 0.106. The Morgan fingerprint density at radius 2 is 1.74 bits per heavy atom. The van der Waals surface area contributed by atoms with E-state index < -0.39 is 75.3 Å². The summed E-state index contributed by atoms with van der Waals surface area (Å²) in [4.78, 5) is 62.4. The van der Waals surface area contributed by atoms with Crippen LogP contribution in [0.2, 0.25) is 10.0 Å². The highest BCUT2D eigenvalue weighted by atomic mass is 35.5. The number of amides is 3. The highest BCUT2D eigenvalue weighted by Crippen LogP contribution is 2.37. The van der Waals surface area contributed by atoms with Crippen molar-refractivity contribution in [2.75, 3.05) is 32.0 Å². The Labute approximate surface area is 277 Å². The van der Waals surface area contributed by atoms with Gasteiger partial charge < -0.3 is 24.4 Å². The molecular weight excluding hydrogens is 667 g/mol. The molecule has 0 saturated carbocycles. The maximum Gasteiger partial charge on any atom is 0.411 e. The number of sulfone groups is 1. The molecule has 254 valence electrons. The number of ether oxygens (including phenoxy) is 2. The summed E-state index contributed by atoms with van der Waals surface area (Å²) in [7, 11) is -4.12. The third-order valence-corrected chi connectivity index (χ3v) is 11.0. The summed E-state index contributed by atoms with van der Waals surface area (Å²) in [5, 5.41) is 14.3. The van der Waals surface area contributed by atoms with Gasteiger partial charge in [0.15, 0.2) is 21.4 Å². The summed E-state index contributed by atoms with van der Waals surface area (Å²) < 4.78 is 36.7. The van der Waals surface area contributed by atoms with Gasteiger partial charge in [-0.2, -0.15) is 0 Å². The highest BCUT2D eigenvalue weighted by Gasteiger charge is 2.60. The van der Waals surface area contributed by atoms with Gasteiger partial charge in [0.05, 0.1) is 25.4 Å². The van der Waals surface area contributed by atoms with Crippen molar-refractivity contribution in [1.82, 2.24) is 15.5 Å². The number of fused-ring (bicyclic) bond motifs is 1. The van der Waals surface area contributed by atoms with E-state index in [0.29, 0.717) is 51.0 Å². The van der Waals surface area contributed by atoms with E-state index in [1.54, 1.807) is 18.2 Å². The number of carbonyl (C=O) groups is 5. The van der Waals surface area contributed by atoms with Crippen LogP contribution in [-0.2, 0) is 45.1 Å². The van der Waals surface area contributed by atoms with Crippen molar-refractivity contribution in [3.05, 3.63) is 45.1 Å². The van der Waals surface area contributed by atoms with E-state index in [0.717, 1.165) is 6.92 Å². The largest absolute Gasteiger partial charge is 0.477 e. The van der Waals surface area contributed by atoms with E-state index in [-0.39, 0.29) is 25.0 Å². The molecule has 3 amide bonds. The first-order valence-electron chi connectivity index (χ1n) is 14.8. The van der Waals surface area contributed by atoms with Gasteiger partial charge in [-0.05, 0) is 39.3 Å². The lowest BCUT2D eigenvalue weighted by atomic mass is 10.0. The molecule has 0 radical (unpaired) electrons. The number of esters is 1. The number of aliphatic carboxylic acids is 1. The zero-order chi connectivity index (χ0) is 34.4. The number of quaternary nitrogens is 1. The van der Waals surface area contributed by atoms with Crippen molar-refractivity contribution in [3.8, 4) is 0 Å². The molecule has 2 aliphatic rings. The molecule has 17 heteroatoms. The molecule has 0 aromatic heterocycles. The lowest BCUT2D eigenvalue weighted by Gasteiger charge is -2.49. The first kappa shape index (κ1) is 37.1. The fourth-order valence-electron chi connectivity index (χ4n) is 5.80. The molecule has 3 atom stereocenters. The van der Waals surface area contributed by atoms with Crippen molar-refractivity contribution in [2.24, 2.45) is 0 Å². The fourth-order valence-corrected chi connectivity index (χ4v) is 8.27. The smallest absolute Gasteiger partial charge is 0.411 e. The van der Waals surface area contributed by atoms with Gasteiger partial charge in [0, 0.05) is 40.9 Å². The number of carboxylic acids is 1. The van der Waals surface area contributed by atoms with Gasteiger partial charge >= 0.3 is 18.0 Å². The van der Waals surface area contributed by atoms with Crippen molar-refractivity contribution in [3.63, 3.8) is 0 Å². The molecule has 1 aromatic carbocycles. The van der Waals surface area contributed by atoms with Gasteiger partial charge in [0.1, 0.15) is 25.0 Å². The number of hydrogen-bond donors (Lipinski definition) is 3. The summed E-state index contributed by atoms with van der Waals surface area (Å²) in [5.41, 5.74) is -0.245. The minimum atomic E-state index is -4.12. The molecule has 0 bridgehead atoms. The normalized spacial score (nSPS) is 19.4. The molecule has 46 heavy (non-hydrogen) atoms. The molecular formula is C29H39Cl2N4O10S+. The number of halogens is 2. The van der Waals surface area contributed by atoms with E-state index in [4.69, 9.17) is 32.7 Å². The van der Waals surface area contributed by atoms with Gasteiger partial charge in [-0.15, -0.1) is 0 Å². The van der Waals surface area contributed by atoms with Gasteiger partial charge in [0.2, 0.25) is 5.91 Å².